The van der Waals surface area contributed by atoms with Crippen molar-refractivity contribution in [3.8, 4) is 0 Å². The van der Waals surface area contributed by atoms with Gasteiger partial charge in [0.1, 0.15) is 0 Å². The third-order valence-electron chi connectivity index (χ3n) is 5.24. The molecule has 0 saturated carbocycles. The van der Waals surface area contributed by atoms with Crippen LogP contribution >= 0.6 is 12.4 Å². The van der Waals surface area contributed by atoms with Gasteiger partial charge in [-0.2, -0.15) is 4.98 Å². The van der Waals surface area contributed by atoms with Crippen molar-refractivity contribution in [3.05, 3.63) is 44.3 Å². The summed E-state index contributed by atoms with van der Waals surface area (Å²) < 4.78 is 8.05. The van der Waals surface area contributed by atoms with Gasteiger partial charge in [-0.15, -0.1) is 12.4 Å². The van der Waals surface area contributed by atoms with Gasteiger partial charge < -0.3 is 14.4 Å². The van der Waals surface area contributed by atoms with E-state index in [-0.39, 0.29) is 29.7 Å². The summed E-state index contributed by atoms with van der Waals surface area (Å²) in [5.74, 6) is 1.88. The lowest BCUT2D eigenvalue weighted by molar-refractivity contribution is 0.164. The third-order valence-corrected chi connectivity index (χ3v) is 5.24. The van der Waals surface area contributed by atoms with Crippen LogP contribution in [0.25, 0.3) is 0 Å². The molecular weight excluding hydrogens is 396 g/mol. The molecule has 1 aliphatic heterocycles. The molecule has 3 heterocycles. The summed E-state index contributed by atoms with van der Waals surface area (Å²) in [5.41, 5.74) is -0.00668. The second-order valence-electron chi connectivity index (χ2n) is 8.00. The van der Waals surface area contributed by atoms with E-state index >= 15 is 0 Å². The topological polar surface area (TPSA) is 98.2 Å². The average molecular weight is 427 g/mol. The van der Waals surface area contributed by atoms with Gasteiger partial charge in [0.05, 0.1) is 6.54 Å². The second kappa shape index (κ2) is 10.2. The minimum atomic E-state index is -0.325. The molecule has 29 heavy (non-hydrogen) atoms. The molecule has 1 saturated heterocycles. The summed E-state index contributed by atoms with van der Waals surface area (Å²) in [6, 6.07) is 0.271. The highest BCUT2D eigenvalue weighted by atomic mass is 35.5. The van der Waals surface area contributed by atoms with Crippen LogP contribution in [0.1, 0.15) is 44.0 Å². The van der Waals surface area contributed by atoms with Crippen molar-refractivity contribution in [2.45, 2.75) is 52.2 Å². The van der Waals surface area contributed by atoms with Crippen LogP contribution in [0.5, 0.6) is 0 Å². The Morgan fingerprint density at radius 1 is 1.31 bits per heavy atom. The molecular formula is C19H31ClN6O3. The molecule has 9 nitrogen and oxygen atoms in total. The van der Waals surface area contributed by atoms with E-state index in [1.165, 1.54) is 11.6 Å². The predicted octanol–water partition coefficient (Wildman–Crippen LogP) is 0.842. The minimum Gasteiger partial charge on any atom is -0.338 e. The summed E-state index contributed by atoms with van der Waals surface area (Å²) in [7, 11) is 3.17. The van der Waals surface area contributed by atoms with Gasteiger partial charge >= 0.3 is 5.69 Å². The van der Waals surface area contributed by atoms with Crippen LogP contribution in [0.3, 0.4) is 0 Å². The van der Waals surface area contributed by atoms with Crippen LogP contribution < -0.4 is 16.6 Å². The maximum absolute atomic E-state index is 12.6. The number of aryl methyl sites for hydroxylation is 2. The van der Waals surface area contributed by atoms with Crippen LogP contribution in [0.15, 0.2) is 20.3 Å². The van der Waals surface area contributed by atoms with E-state index in [0.717, 1.165) is 42.7 Å². The fraction of sp³-hybridized carbons (Fsp3) is 0.684. The van der Waals surface area contributed by atoms with Gasteiger partial charge in [0, 0.05) is 51.4 Å². The van der Waals surface area contributed by atoms with Crippen LogP contribution in [0, 0.1) is 5.92 Å². The molecule has 3 rings (SSSR count). The molecule has 0 aromatic carbocycles. The Kier molecular flexibility index (Phi) is 8.18. The van der Waals surface area contributed by atoms with Crippen LogP contribution in [0.4, 0.5) is 0 Å². The van der Waals surface area contributed by atoms with Gasteiger partial charge in [0.15, 0.2) is 5.82 Å². The van der Waals surface area contributed by atoms with Crippen molar-refractivity contribution in [2.24, 2.45) is 20.0 Å². The van der Waals surface area contributed by atoms with Crippen molar-refractivity contribution in [1.82, 2.24) is 29.5 Å². The number of hydrogen-bond acceptors (Lipinski definition) is 7. The SMILES string of the molecule is CC(C)CCc1noc(CN(Cc2cn(C)c(=O)n(C)c2=O)C2CCNC2)n1.Cl. The molecule has 10 heteroatoms. The Balaban J connectivity index is 0.00000300. The van der Waals surface area contributed by atoms with E-state index in [0.29, 0.717) is 30.5 Å². The van der Waals surface area contributed by atoms with E-state index in [1.807, 2.05) is 0 Å². The number of nitrogens with zero attached hydrogens (tertiary/aromatic N) is 5. The van der Waals surface area contributed by atoms with Crippen molar-refractivity contribution in [3.63, 3.8) is 0 Å². The van der Waals surface area contributed by atoms with Crippen LogP contribution in [-0.2, 0) is 33.6 Å². The Labute approximate surface area is 176 Å². The van der Waals surface area contributed by atoms with Gasteiger partial charge in [0.25, 0.3) is 5.56 Å². The number of rotatable bonds is 8. The quantitative estimate of drug-likeness (QED) is 0.667. The summed E-state index contributed by atoms with van der Waals surface area (Å²) >= 11 is 0. The number of nitrogens with one attached hydrogen (secondary N) is 1. The predicted molar refractivity (Wildman–Crippen MR) is 112 cm³/mol. The maximum Gasteiger partial charge on any atom is 0.330 e. The molecule has 0 spiro atoms. The van der Waals surface area contributed by atoms with E-state index in [4.69, 9.17) is 4.52 Å². The molecule has 1 aliphatic rings. The Hall–Kier alpha value is -1.97. The normalized spacial score (nSPS) is 16.6. The van der Waals surface area contributed by atoms with E-state index < -0.39 is 0 Å². The molecule has 0 aliphatic carbocycles. The Morgan fingerprint density at radius 2 is 2.07 bits per heavy atom. The third kappa shape index (κ3) is 5.77. The summed E-state index contributed by atoms with van der Waals surface area (Å²) in [4.78, 5) is 31.2. The zero-order valence-electron chi connectivity index (χ0n) is 17.6. The summed E-state index contributed by atoms with van der Waals surface area (Å²) in [6.45, 7) is 7.03. The molecule has 2 aromatic heterocycles. The molecule has 1 N–H and O–H groups in total. The number of halogens is 1. The van der Waals surface area contributed by atoms with Crippen molar-refractivity contribution < 1.29 is 4.52 Å². The second-order valence-corrected chi connectivity index (χ2v) is 8.00. The molecule has 1 fully saturated rings. The highest BCUT2D eigenvalue weighted by Crippen LogP contribution is 2.16. The molecule has 1 atom stereocenters. The van der Waals surface area contributed by atoms with Gasteiger partial charge in [-0.3, -0.25) is 14.3 Å². The van der Waals surface area contributed by atoms with E-state index in [9.17, 15) is 9.59 Å². The summed E-state index contributed by atoms with van der Waals surface area (Å²) in [5, 5.41) is 7.45. The van der Waals surface area contributed by atoms with Crippen molar-refractivity contribution in [1.29, 1.82) is 0 Å². The largest absolute Gasteiger partial charge is 0.338 e. The highest BCUT2D eigenvalue weighted by molar-refractivity contribution is 5.85. The molecule has 1 unspecified atom stereocenters. The van der Waals surface area contributed by atoms with Crippen molar-refractivity contribution >= 4 is 12.4 Å². The van der Waals surface area contributed by atoms with Crippen molar-refractivity contribution in [2.75, 3.05) is 13.1 Å². The fourth-order valence-electron chi connectivity index (χ4n) is 3.52. The Bertz CT molecular complexity index is 913. The smallest absolute Gasteiger partial charge is 0.330 e. The van der Waals surface area contributed by atoms with Gasteiger partial charge in [-0.1, -0.05) is 19.0 Å². The first-order valence-corrected chi connectivity index (χ1v) is 9.87. The zero-order chi connectivity index (χ0) is 20.3. The minimum absolute atomic E-state index is 0. The van der Waals surface area contributed by atoms with Gasteiger partial charge in [0.2, 0.25) is 5.89 Å². The molecule has 162 valence electrons. The van der Waals surface area contributed by atoms with Gasteiger partial charge in [-0.05, 0) is 25.3 Å². The first-order chi connectivity index (χ1) is 13.3. The Morgan fingerprint density at radius 3 is 2.72 bits per heavy atom. The first kappa shape index (κ1) is 23.3. The lowest BCUT2D eigenvalue weighted by atomic mass is 10.1. The zero-order valence-corrected chi connectivity index (χ0v) is 18.4. The number of aromatic nitrogens is 4. The van der Waals surface area contributed by atoms with Gasteiger partial charge in [-0.25, -0.2) is 4.79 Å². The molecule has 0 bridgehead atoms. The highest BCUT2D eigenvalue weighted by Gasteiger charge is 2.26. The standard InChI is InChI=1S/C19H30N6O3.ClH/c1-13(2)5-6-16-21-17(28-22-16)12-25(15-7-8-20-9-15)11-14-10-23(3)19(27)24(4)18(14)26;/h10,13,15,20H,5-9,11-12H2,1-4H3;1H. The molecule has 2 aromatic rings. The fourth-order valence-corrected chi connectivity index (χ4v) is 3.52. The molecule has 0 radical (unpaired) electrons. The lowest BCUT2D eigenvalue weighted by Gasteiger charge is -2.26. The average Bonchev–Trinajstić information content (AvgIpc) is 3.34. The number of hydrogen-bond donors (Lipinski definition) is 1. The van der Waals surface area contributed by atoms with Crippen LogP contribution in [0.2, 0.25) is 0 Å². The summed E-state index contributed by atoms with van der Waals surface area (Å²) in [6.07, 6.45) is 4.43. The van der Waals surface area contributed by atoms with E-state index in [2.05, 4.69) is 34.2 Å². The maximum atomic E-state index is 12.6. The van der Waals surface area contributed by atoms with E-state index in [1.54, 1.807) is 13.2 Å². The van der Waals surface area contributed by atoms with Crippen LogP contribution in [-0.4, -0.2) is 43.3 Å². The first-order valence-electron chi connectivity index (χ1n) is 9.87. The monoisotopic (exact) mass is 426 g/mol. The molecule has 0 amide bonds. The lowest BCUT2D eigenvalue weighted by Crippen LogP contribution is -2.42.